The van der Waals surface area contributed by atoms with E-state index in [4.69, 9.17) is 0 Å². The summed E-state index contributed by atoms with van der Waals surface area (Å²) in [7, 11) is 0. The molecule has 168 valence electrons. The zero-order valence-corrected chi connectivity index (χ0v) is 18.5. The van der Waals surface area contributed by atoms with Gasteiger partial charge in [0.05, 0.1) is 11.6 Å². The molecule has 0 spiro atoms. The molecular weight excluding hydrogens is 417 g/mol. The van der Waals surface area contributed by atoms with Crippen molar-refractivity contribution in [1.82, 2.24) is 19.9 Å². The lowest BCUT2D eigenvalue weighted by Gasteiger charge is -2.33. The molecule has 7 heteroatoms. The Hall–Kier alpha value is -3.74. The summed E-state index contributed by atoms with van der Waals surface area (Å²) in [6.45, 7) is 4.04. The molecule has 2 aromatic heterocycles. The van der Waals surface area contributed by atoms with Gasteiger partial charge in [-0.2, -0.15) is 5.10 Å². The van der Waals surface area contributed by atoms with E-state index in [2.05, 4.69) is 39.4 Å². The van der Waals surface area contributed by atoms with E-state index in [1.54, 1.807) is 22.8 Å². The molecule has 0 aliphatic carbocycles. The SMILES string of the molecule is Cc1ccc(CNC(=O)[C@H]2CCCN(c3nccn4nc(-c5ccc(F)cc5)cc34)C2)cc1. The standard InChI is InChI=1S/C26H26FN5O/c1-18-4-6-19(7-5-18)16-29-26(33)21-3-2-13-31(17-21)25-24-15-23(30-32(24)14-12-28-25)20-8-10-22(27)11-9-20/h4-12,14-15,21H,2-3,13,16-17H2,1H3,(H,29,33)/t21-/m0/s1. The molecule has 3 heterocycles. The molecule has 1 fully saturated rings. The normalized spacial score (nSPS) is 16.2. The molecule has 1 atom stereocenters. The highest BCUT2D eigenvalue weighted by Crippen LogP contribution is 2.28. The number of fused-ring (bicyclic) bond motifs is 1. The monoisotopic (exact) mass is 443 g/mol. The molecule has 1 aliphatic heterocycles. The van der Waals surface area contributed by atoms with Crippen LogP contribution in [-0.2, 0) is 11.3 Å². The lowest BCUT2D eigenvalue weighted by Crippen LogP contribution is -2.43. The fourth-order valence-corrected chi connectivity index (χ4v) is 4.34. The predicted molar refractivity (Wildman–Crippen MR) is 126 cm³/mol. The highest BCUT2D eigenvalue weighted by molar-refractivity contribution is 5.81. The van der Waals surface area contributed by atoms with Crippen molar-refractivity contribution in [3.63, 3.8) is 0 Å². The minimum Gasteiger partial charge on any atom is -0.354 e. The number of carbonyl (C=O) groups is 1. The number of aryl methyl sites for hydroxylation is 1. The van der Waals surface area contributed by atoms with Gasteiger partial charge in [-0.3, -0.25) is 4.79 Å². The van der Waals surface area contributed by atoms with Crippen LogP contribution in [0, 0.1) is 18.7 Å². The number of nitrogens with zero attached hydrogens (tertiary/aromatic N) is 4. The Kier molecular flexibility index (Phi) is 5.77. The van der Waals surface area contributed by atoms with Gasteiger partial charge in [-0.1, -0.05) is 29.8 Å². The van der Waals surface area contributed by atoms with Crippen molar-refractivity contribution < 1.29 is 9.18 Å². The topological polar surface area (TPSA) is 62.5 Å². The van der Waals surface area contributed by atoms with Crippen LogP contribution in [0.25, 0.3) is 16.8 Å². The van der Waals surface area contributed by atoms with Gasteiger partial charge >= 0.3 is 0 Å². The van der Waals surface area contributed by atoms with E-state index in [-0.39, 0.29) is 17.6 Å². The van der Waals surface area contributed by atoms with Gasteiger partial charge in [-0.05, 0) is 55.7 Å². The first-order valence-electron chi connectivity index (χ1n) is 11.3. The van der Waals surface area contributed by atoms with E-state index >= 15 is 0 Å². The number of amides is 1. The largest absolute Gasteiger partial charge is 0.354 e. The summed E-state index contributed by atoms with van der Waals surface area (Å²) in [5.41, 5.74) is 4.78. The van der Waals surface area contributed by atoms with Gasteiger partial charge in [0.15, 0.2) is 5.82 Å². The first-order chi connectivity index (χ1) is 16.1. The number of aromatic nitrogens is 3. The molecule has 1 saturated heterocycles. The zero-order valence-electron chi connectivity index (χ0n) is 18.5. The van der Waals surface area contributed by atoms with Crippen LogP contribution < -0.4 is 10.2 Å². The maximum Gasteiger partial charge on any atom is 0.225 e. The molecular formula is C26H26FN5O. The van der Waals surface area contributed by atoms with Crippen molar-refractivity contribution in [2.75, 3.05) is 18.0 Å². The van der Waals surface area contributed by atoms with Crippen LogP contribution in [0.15, 0.2) is 67.0 Å². The van der Waals surface area contributed by atoms with Crippen LogP contribution in [0.1, 0.15) is 24.0 Å². The first-order valence-corrected chi connectivity index (χ1v) is 11.3. The number of hydrogen-bond acceptors (Lipinski definition) is 4. The van der Waals surface area contributed by atoms with Gasteiger partial charge in [0.25, 0.3) is 0 Å². The highest BCUT2D eigenvalue weighted by Gasteiger charge is 2.27. The second-order valence-electron chi connectivity index (χ2n) is 8.61. The summed E-state index contributed by atoms with van der Waals surface area (Å²) in [4.78, 5) is 19.7. The smallest absolute Gasteiger partial charge is 0.225 e. The van der Waals surface area contributed by atoms with Crippen LogP contribution in [0.5, 0.6) is 0 Å². The predicted octanol–water partition coefficient (Wildman–Crippen LogP) is 4.38. The summed E-state index contributed by atoms with van der Waals surface area (Å²) in [5, 5.41) is 7.73. The third-order valence-electron chi connectivity index (χ3n) is 6.19. The molecule has 0 unspecified atom stereocenters. The minimum absolute atomic E-state index is 0.0766. The second kappa shape index (κ2) is 9.02. The van der Waals surface area contributed by atoms with E-state index in [1.165, 1.54) is 17.7 Å². The van der Waals surface area contributed by atoms with Crippen molar-refractivity contribution in [1.29, 1.82) is 0 Å². The number of benzene rings is 2. The number of piperidine rings is 1. The Morgan fingerprint density at radius 1 is 1.15 bits per heavy atom. The van der Waals surface area contributed by atoms with Crippen molar-refractivity contribution in [3.8, 4) is 11.3 Å². The van der Waals surface area contributed by atoms with E-state index in [9.17, 15) is 9.18 Å². The van der Waals surface area contributed by atoms with Gasteiger partial charge in [-0.15, -0.1) is 0 Å². The Balaban J connectivity index is 1.32. The van der Waals surface area contributed by atoms with Gasteiger partial charge in [0.1, 0.15) is 11.3 Å². The Morgan fingerprint density at radius 3 is 2.73 bits per heavy atom. The van der Waals surface area contributed by atoms with E-state index in [1.807, 2.05) is 24.4 Å². The number of rotatable bonds is 5. The van der Waals surface area contributed by atoms with Crippen LogP contribution in [-0.4, -0.2) is 33.6 Å². The summed E-state index contributed by atoms with van der Waals surface area (Å²) in [6.07, 6.45) is 5.32. The number of nitrogens with one attached hydrogen (secondary N) is 1. The molecule has 0 bridgehead atoms. The molecule has 2 aromatic carbocycles. The summed E-state index contributed by atoms with van der Waals surface area (Å²) in [5.74, 6) is 0.526. The van der Waals surface area contributed by atoms with E-state index in [0.717, 1.165) is 47.5 Å². The van der Waals surface area contributed by atoms with Gasteiger partial charge < -0.3 is 10.2 Å². The van der Waals surface area contributed by atoms with E-state index in [0.29, 0.717) is 13.1 Å². The highest BCUT2D eigenvalue weighted by atomic mass is 19.1. The molecule has 4 aromatic rings. The number of anilines is 1. The quantitative estimate of drug-likeness (QED) is 0.497. The minimum atomic E-state index is -0.273. The molecule has 6 nitrogen and oxygen atoms in total. The summed E-state index contributed by atoms with van der Waals surface area (Å²) >= 11 is 0. The lowest BCUT2D eigenvalue weighted by molar-refractivity contribution is -0.125. The third-order valence-corrected chi connectivity index (χ3v) is 6.19. The number of carbonyl (C=O) groups excluding carboxylic acids is 1. The lowest BCUT2D eigenvalue weighted by atomic mass is 9.97. The van der Waals surface area contributed by atoms with Gasteiger partial charge in [0, 0.05) is 37.6 Å². The molecule has 1 aliphatic rings. The number of halogens is 1. The molecule has 1 N–H and O–H groups in total. The fourth-order valence-electron chi connectivity index (χ4n) is 4.34. The molecule has 0 saturated carbocycles. The molecule has 33 heavy (non-hydrogen) atoms. The van der Waals surface area contributed by atoms with E-state index < -0.39 is 0 Å². The van der Waals surface area contributed by atoms with Crippen LogP contribution in [0.2, 0.25) is 0 Å². The van der Waals surface area contributed by atoms with Crippen LogP contribution in [0.4, 0.5) is 10.2 Å². The molecule has 5 rings (SSSR count). The van der Waals surface area contributed by atoms with Crippen LogP contribution >= 0.6 is 0 Å². The maximum absolute atomic E-state index is 13.3. The number of hydrogen-bond donors (Lipinski definition) is 1. The van der Waals surface area contributed by atoms with Crippen molar-refractivity contribution in [2.45, 2.75) is 26.3 Å². The average molecular weight is 444 g/mol. The van der Waals surface area contributed by atoms with Gasteiger partial charge in [-0.25, -0.2) is 13.9 Å². The Labute approximate surface area is 192 Å². The van der Waals surface area contributed by atoms with Crippen LogP contribution in [0.3, 0.4) is 0 Å². The fraction of sp³-hybridized carbons (Fsp3) is 0.269. The molecule has 1 amide bonds. The zero-order chi connectivity index (χ0) is 22.8. The summed E-state index contributed by atoms with van der Waals surface area (Å²) in [6, 6.07) is 16.5. The van der Waals surface area contributed by atoms with Crippen molar-refractivity contribution >= 4 is 17.2 Å². The second-order valence-corrected chi connectivity index (χ2v) is 8.61. The van der Waals surface area contributed by atoms with Crippen molar-refractivity contribution in [2.24, 2.45) is 5.92 Å². The average Bonchev–Trinajstić information content (AvgIpc) is 3.28. The Morgan fingerprint density at radius 2 is 1.94 bits per heavy atom. The van der Waals surface area contributed by atoms with Gasteiger partial charge in [0.2, 0.25) is 5.91 Å². The maximum atomic E-state index is 13.3. The third kappa shape index (κ3) is 4.58. The first kappa shape index (κ1) is 21.1. The summed E-state index contributed by atoms with van der Waals surface area (Å²) < 4.78 is 15.1. The van der Waals surface area contributed by atoms with Crippen molar-refractivity contribution in [3.05, 3.63) is 83.9 Å². The molecule has 0 radical (unpaired) electrons. The Bertz CT molecular complexity index is 1270.